The van der Waals surface area contributed by atoms with E-state index in [1.165, 1.54) is 0 Å². The number of amides is 1. The van der Waals surface area contributed by atoms with Gasteiger partial charge < -0.3 is 38.8 Å². The number of nitrogens with one attached hydrogen (secondary N) is 1. The largest absolute Gasteiger partial charge is 0.495 e. The molecule has 238 valence electrons. The molecule has 12 nitrogen and oxygen atoms in total. The number of morpholine rings is 1. The molecule has 2 unspecified atom stereocenters. The van der Waals surface area contributed by atoms with Gasteiger partial charge in [0.1, 0.15) is 23.4 Å². The summed E-state index contributed by atoms with van der Waals surface area (Å²) in [7, 11) is 3.10. The van der Waals surface area contributed by atoms with Crippen LogP contribution in [0, 0.1) is 0 Å². The molecule has 3 fully saturated rings. The molecule has 1 aromatic carbocycles. The number of hydrogen-bond acceptors (Lipinski definition) is 11. The Kier molecular flexibility index (Phi) is 9.65. The Morgan fingerprint density at radius 3 is 2.52 bits per heavy atom. The lowest BCUT2D eigenvalue weighted by molar-refractivity contribution is -0.142. The van der Waals surface area contributed by atoms with Crippen molar-refractivity contribution in [3.63, 3.8) is 0 Å². The van der Waals surface area contributed by atoms with Crippen LogP contribution in [0.4, 0.5) is 11.8 Å². The number of anilines is 2. The topological polar surface area (TPSA) is 114 Å². The summed E-state index contributed by atoms with van der Waals surface area (Å²) in [5, 5.41) is 4.13. The third-order valence-corrected chi connectivity index (χ3v) is 9.09. The first kappa shape index (κ1) is 31.1. The van der Waals surface area contributed by atoms with Crippen LogP contribution in [0.1, 0.15) is 24.5 Å². The molecule has 0 spiro atoms. The average Bonchev–Trinajstić information content (AvgIpc) is 3.80. The lowest BCUT2D eigenvalue weighted by Gasteiger charge is -2.38. The fraction of sp³-hybridized carbons (Fsp3) is 0.567. The Balaban J connectivity index is 1.24. The molecule has 1 N–H and O–H groups in total. The predicted octanol–water partition coefficient (Wildman–Crippen LogP) is 3.27. The Morgan fingerprint density at radius 2 is 1.84 bits per heavy atom. The first-order valence-electron chi connectivity index (χ1n) is 14.9. The molecule has 4 aliphatic rings. The van der Waals surface area contributed by atoms with E-state index < -0.39 is 0 Å². The molecule has 0 radical (unpaired) electrons. The summed E-state index contributed by atoms with van der Waals surface area (Å²) in [6.45, 7) is 8.99. The van der Waals surface area contributed by atoms with Gasteiger partial charge in [0.15, 0.2) is 6.23 Å². The maximum Gasteiger partial charge on any atom is 0.224 e. The second kappa shape index (κ2) is 13.6. The summed E-state index contributed by atoms with van der Waals surface area (Å²) >= 11 is 13.7. The second-order valence-electron chi connectivity index (χ2n) is 11.1. The van der Waals surface area contributed by atoms with E-state index in [-0.39, 0.29) is 24.3 Å². The summed E-state index contributed by atoms with van der Waals surface area (Å²) in [4.78, 5) is 27.4. The predicted molar refractivity (Wildman–Crippen MR) is 168 cm³/mol. The standard InChI is InChI=1S/C30H38Cl2N6O6/c1-18(39)37-16-20(17-37)43-12-9-38-28-19(15-34-30(35-28)33-5-4-6-36-7-10-42-11-8-36)13-21(27-29(38)44-27)24-25(31)22(40-2)14-23(41-3)26(24)32/h13-15,20,27,29H,4-12,16-17H2,1-3H3,(H,33,34,35). The molecule has 0 bridgehead atoms. The Bertz CT molecular complexity index is 1370. The highest BCUT2D eigenvalue weighted by Gasteiger charge is 2.50. The van der Waals surface area contributed by atoms with Gasteiger partial charge in [-0.15, -0.1) is 0 Å². The third-order valence-electron chi connectivity index (χ3n) is 8.34. The quantitative estimate of drug-likeness (QED) is 0.270. The van der Waals surface area contributed by atoms with E-state index in [0.717, 1.165) is 62.8 Å². The number of methoxy groups -OCH3 is 2. The van der Waals surface area contributed by atoms with Crippen molar-refractivity contribution in [1.29, 1.82) is 0 Å². The normalized spacial score (nSPS) is 21.5. The maximum atomic E-state index is 11.6. The van der Waals surface area contributed by atoms with E-state index in [9.17, 15) is 4.79 Å². The number of hydrogen-bond donors (Lipinski definition) is 1. The zero-order valence-electron chi connectivity index (χ0n) is 25.2. The zero-order valence-corrected chi connectivity index (χ0v) is 26.7. The van der Waals surface area contributed by atoms with E-state index >= 15 is 0 Å². The number of carbonyl (C=O) groups is 1. The number of fused-ring (bicyclic) bond motifs is 2. The molecule has 2 atom stereocenters. The fourth-order valence-electron chi connectivity index (χ4n) is 5.77. The molecule has 6 rings (SSSR count). The minimum absolute atomic E-state index is 0.0194. The van der Waals surface area contributed by atoms with Gasteiger partial charge in [0.2, 0.25) is 11.9 Å². The van der Waals surface area contributed by atoms with E-state index in [1.807, 2.05) is 6.08 Å². The number of carbonyl (C=O) groups excluding carboxylic acids is 1. The third kappa shape index (κ3) is 6.56. The van der Waals surface area contributed by atoms with Crippen molar-refractivity contribution in [3.05, 3.63) is 33.4 Å². The summed E-state index contributed by atoms with van der Waals surface area (Å²) in [6, 6.07) is 1.67. The van der Waals surface area contributed by atoms with Crippen molar-refractivity contribution in [1.82, 2.24) is 19.8 Å². The SMILES string of the molecule is COc1cc(OC)c(Cl)c(C2=Cc3cnc(NCCCN4CCOCC4)nc3N(CCOC3CN(C(C)=O)C3)C3OC23)c1Cl. The first-order chi connectivity index (χ1) is 21.4. The van der Waals surface area contributed by atoms with Crippen molar-refractivity contribution in [3.8, 4) is 11.5 Å². The van der Waals surface area contributed by atoms with E-state index in [1.54, 1.807) is 38.3 Å². The molecule has 44 heavy (non-hydrogen) atoms. The molecule has 2 aromatic rings. The van der Waals surface area contributed by atoms with E-state index in [2.05, 4.69) is 20.1 Å². The maximum absolute atomic E-state index is 11.6. The van der Waals surface area contributed by atoms with Crippen LogP contribution in [-0.4, -0.2) is 124 Å². The van der Waals surface area contributed by atoms with Crippen LogP contribution in [-0.2, 0) is 19.0 Å². The monoisotopic (exact) mass is 648 g/mol. The van der Waals surface area contributed by atoms with Crippen molar-refractivity contribution < 1.29 is 28.5 Å². The van der Waals surface area contributed by atoms with Gasteiger partial charge in [-0.2, -0.15) is 4.98 Å². The number of likely N-dealkylation sites (tertiary alicyclic amines) is 1. The lowest BCUT2D eigenvalue weighted by atomic mass is 9.99. The van der Waals surface area contributed by atoms with E-state index in [4.69, 9.17) is 51.9 Å². The molecule has 14 heteroatoms. The van der Waals surface area contributed by atoms with E-state index in [0.29, 0.717) is 59.3 Å². The number of nitrogens with zero attached hydrogens (tertiary/aromatic N) is 5. The molecule has 1 aromatic heterocycles. The van der Waals surface area contributed by atoms with Gasteiger partial charge in [-0.3, -0.25) is 9.69 Å². The highest BCUT2D eigenvalue weighted by molar-refractivity contribution is 6.40. The number of aromatic nitrogens is 2. The van der Waals surface area contributed by atoms with Gasteiger partial charge in [0.05, 0.1) is 50.2 Å². The number of benzene rings is 1. The van der Waals surface area contributed by atoms with Crippen molar-refractivity contribution in [2.24, 2.45) is 0 Å². The van der Waals surface area contributed by atoms with Crippen molar-refractivity contribution >= 4 is 52.5 Å². The molecule has 1 amide bonds. The van der Waals surface area contributed by atoms with Gasteiger partial charge >= 0.3 is 0 Å². The molecular weight excluding hydrogens is 611 g/mol. The van der Waals surface area contributed by atoms with Gasteiger partial charge in [-0.05, 0) is 24.6 Å². The van der Waals surface area contributed by atoms with Gasteiger partial charge in [0, 0.05) is 69.6 Å². The molecular formula is C30H38Cl2N6O6. The molecule has 3 saturated heterocycles. The lowest BCUT2D eigenvalue weighted by Crippen LogP contribution is -2.54. The summed E-state index contributed by atoms with van der Waals surface area (Å²) in [5.74, 6) is 2.23. The number of epoxide rings is 1. The number of halogens is 2. The van der Waals surface area contributed by atoms with Crippen LogP contribution >= 0.6 is 23.2 Å². The van der Waals surface area contributed by atoms with Crippen LogP contribution in [0.15, 0.2) is 12.3 Å². The number of ether oxygens (including phenoxy) is 5. The smallest absolute Gasteiger partial charge is 0.224 e. The van der Waals surface area contributed by atoms with Crippen LogP contribution in [0.25, 0.3) is 11.6 Å². The number of rotatable bonds is 12. The van der Waals surface area contributed by atoms with Gasteiger partial charge in [-0.25, -0.2) is 4.98 Å². The van der Waals surface area contributed by atoms with Crippen LogP contribution in [0.2, 0.25) is 10.0 Å². The summed E-state index contributed by atoms with van der Waals surface area (Å²) in [5.41, 5.74) is 2.18. The van der Waals surface area contributed by atoms with Crippen LogP contribution < -0.4 is 19.7 Å². The van der Waals surface area contributed by atoms with Crippen LogP contribution in [0.5, 0.6) is 11.5 Å². The summed E-state index contributed by atoms with van der Waals surface area (Å²) in [6.07, 6.45) is 4.13. The molecule has 5 heterocycles. The second-order valence-corrected chi connectivity index (χ2v) is 11.9. The van der Waals surface area contributed by atoms with Crippen molar-refractivity contribution in [2.75, 3.05) is 90.1 Å². The minimum Gasteiger partial charge on any atom is -0.495 e. The molecule has 0 saturated carbocycles. The molecule has 4 aliphatic heterocycles. The highest BCUT2D eigenvalue weighted by Crippen LogP contribution is 2.51. The van der Waals surface area contributed by atoms with Gasteiger partial charge in [0.25, 0.3) is 0 Å². The van der Waals surface area contributed by atoms with Crippen molar-refractivity contribution in [2.45, 2.75) is 31.8 Å². The highest BCUT2D eigenvalue weighted by atomic mass is 35.5. The van der Waals surface area contributed by atoms with Crippen LogP contribution in [0.3, 0.4) is 0 Å². The Labute approximate surface area is 267 Å². The average molecular weight is 650 g/mol. The Hall–Kier alpha value is -2.87. The van der Waals surface area contributed by atoms with Gasteiger partial charge in [-0.1, -0.05) is 23.2 Å². The molecule has 0 aliphatic carbocycles. The zero-order chi connectivity index (χ0) is 30.8. The first-order valence-corrected chi connectivity index (χ1v) is 15.7. The Morgan fingerprint density at radius 1 is 1.11 bits per heavy atom. The fourth-order valence-corrected chi connectivity index (χ4v) is 6.49. The minimum atomic E-state index is -0.321. The summed E-state index contributed by atoms with van der Waals surface area (Å²) < 4.78 is 28.9.